The Balaban J connectivity index is 2.33. The topological polar surface area (TPSA) is 55.1 Å². The summed E-state index contributed by atoms with van der Waals surface area (Å²) in [5.41, 5.74) is 5.64. The Morgan fingerprint density at radius 1 is 1.10 bits per heavy atom. The van der Waals surface area contributed by atoms with Gasteiger partial charge in [0, 0.05) is 11.8 Å². The summed E-state index contributed by atoms with van der Waals surface area (Å²) in [5.74, 6) is -2.55. The highest BCUT2D eigenvalue weighted by Gasteiger charge is 2.16. The molecule has 0 fully saturated rings. The highest BCUT2D eigenvalue weighted by atomic mass is 35.5. The van der Waals surface area contributed by atoms with Gasteiger partial charge in [0.1, 0.15) is 11.6 Å². The number of anilines is 2. The molecule has 3 nitrogen and oxygen atoms in total. The van der Waals surface area contributed by atoms with E-state index >= 15 is 0 Å². The zero-order chi connectivity index (χ0) is 14.9. The first-order valence-corrected chi connectivity index (χ1v) is 6.15. The lowest BCUT2D eigenvalue weighted by molar-refractivity contribution is 0.102. The molecule has 0 aliphatic rings. The highest BCUT2D eigenvalue weighted by Crippen LogP contribution is 2.33. The Labute approximate surface area is 123 Å². The van der Waals surface area contributed by atoms with Crippen molar-refractivity contribution in [3.63, 3.8) is 0 Å². The van der Waals surface area contributed by atoms with E-state index in [1.54, 1.807) is 0 Å². The largest absolute Gasteiger partial charge is 0.399 e. The van der Waals surface area contributed by atoms with E-state index < -0.39 is 17.5 Å². The van der Waals surface area contributed by atoms with E-state index in [1.807, 2.05) is 0 Å². The van der Waals surface area contributed by atoms with Crippen LogP contribution in [0.3, 0.4) is 0 Å². The van der Waals surface area contributed by atoms with Crippen LogP contribution < -0.4 is 11.1 Å². The quantitative estimate of drug-likeness (QED) is 0.819. The molecule has 3 N–H and O–H groups in total. The Kier molecular flexibility index (Phi) is 4.11. The van der Waals surface area contributed by atoms with Crippen LogP contribution in [0.25, 0.3) is 0 Å². The summed E-state index contributed by atoms with van der Waals surface area (Å²) in [6.07, 6.45) is 0. The lowest BCUT2D eigenvalue weighted by Crippen LogP contribution is -2.14. The van der Waals surface area contributed by atoms with E-state index in [2.05, 4.69) is 5.32 Å². The normalized spacial score (nSPS) is 10.4. The Hall–Kier alpha value is -1.85. The molecule has 0 heterocycles. The molecule has 0 saturated heterocycles. The fourth-order valence-corrected chi connectivity index (χ4v) is 2.17. The minimum Gasteiger partial charge on any atom is -0.399 e. The van der Waals surface area contributed by atoms with Crippen molar-refractivity contribution in [3.05, 3.63) is 57.6 Å². The first kappa shape index (κ1) is 14.6. The molecule has 2 rings (SSSR count). The number of carbonyl (C=O) groups is 1. The third-order valence-corrected chi connectivity index (χ3v) is 3.07. The maximum absolute atomic E-state index is 13.5. The molecule has 0 radical (unpaired) electrons. The molecule has 0 aliphatic carbocycles. The second-order valence-corrected chi connectivity index (χ2v) is 4.75. The van der Waals surface area contributed by atoms with Gasteiger partial charge in [-0.2, -0.15) is 0 Å². The molecule has 0 aromatic heterocycles. The molecule has 0 spiro atoms. The minimum atomic E-state index is -0.981. The number of nitrogen functional groups attached to an aromatic ring is 1. The molecule has 20 heavy (non-hydrogen) atoms. The summed E-state index contributed by atoms with van der Waals surface area (Å²) < 4.78 is 26.3. The van der Waals surface area contributed by atoms with Crippen molar-refractivity contribution in [1.29, 1.82) is 0 Å². The molecule has 104 valence electrons. The van der Waals surface area contributed by atoms with Crippen LogP contribution in [0.4, 0.5) is 20.2 Å². The maximum Gasteiger partial charge on any atom is 0.258 e. The summed E-state index contributed by atoms with van der Waals surface area (Å²) >= 11 is 11.8. The summed E-state index contributed by atoms with van der Waals surface area (Å²) in [4.78, 5) is 11.9. The Morgan fingerprint density at radius 3 is 2.25 bits per heavy atom. The van der Waals surface area contributed by atoms with Crippen molar-refractivity contribution in [2.45, 2.75) is 0 Å². The Bertz CT molecular complexity index is 669. The van der Waals surface area contributed by atoms with Crippen molar-refractivity contribution < 1.29 is 13.6 Å². The summed E-state index contributed by atoms with van der Waals surface area (Å²) in [7, 11) is 0. The van der Waals surface area contributed by atoms with E-state index in [4.69, 9.17) is 28.9 Å². The van der Waals surface area contributed by atoms with Gasteiger partial charge in [-0.3, -0.25) is 4.79 Å². The molecule has 1 amide bonds. The number of benzene rings is 2. The van der Waals surface area contributed by atoms with E-state index in [9.17, 15) is 13.6 Å². The number of amides is 1. The van der Waals surface area contributed by atoms with E-state index in [0.717, 1.165) is 12.1 Å². The molecule has 0 unspecified atom stereocenters. The fourth-order valence-electron chi connectivity index (χ4n) is 1.57. The van der Waals surface area contributed by atoms with Gasteiger partial charge in [0.2, 0.25) is 0 Å². The van der Waals surface area contributed by atoms with Crippen LogP contribution in [0, 0.1) is 11.6 Å². The van der Waals surface area contributed by atoms with Crippen LogP contribution >= 0.6 is 23.2 Å². The summed E-state index contributed by atoms with van der Waals surface area (Å²) in [6, 6.07) is 5.40. The lowest BCUT2D eigenvalue weighted by atomic mass is 10.2. The molecule has 2 aromatic rings. The van der Waals surface area contributed by atoms with Crippen molar-refractivity contribution in [2.24, 2.45) is 0 Å². The van der Waals surface area contributed by atoms with Gasteiger partial charge in [-0.1, -0.05) is 23.2 Å². The van der Waals surface area contributed by atoms with Gasteiger partial charge in [0.25, 0.3) is 5.91 Å². The number of carbonyl (C=O) groups excluding carboxylic acids is 1. The highest BCUT2D eigenvalue weighted by molar-refractivity contribution is 6.40. The van der Waals surface area contributed by atoms with Crippen molar-refractivity contribution in [3.8, 4) is 0 Å². The van der Waals surface area contributed by atoms with Crippen LogP contribution in [-0.4, -0.2) is 5.91 Å². The first-order valence-electron chi connectivity index (χ1n) is 5.39. The maximum atomic E-state index is 13.5. The SMILES string of the molecule is Nc1cc(Cl)c(NC(=O)c2ccc(F)cc2F)c(Cl)c1. The molecule has 2 aromatic carbocycles. The number of nitrogens with one attached hydrogen (secondary N) is 1. The van der Waals surface area contributed by atoms with Gasteiger partial charge in [0.15, 0.2) is 0 Å². The van der Waals surface area contributed by atoms with Crippen molar-refractivity contribution in [2.75, 3.05) is 11.1 Å². The molecular weight excluding hydrogens is 309 g/mol. The minimum absolute atomic E-state index is 0.108. The summed E-state index contributed by atoms with van der Waals surface area (Å²) in [6.45, 7) is 0. The monoisotopic (exact) mass is 316 g/mol. The average molecular weight is 317 g/mol. The second-order valence-electron chi connectivity index (χ2n) is 3.94. The van der Waals surface area contributed by atoms with Crippen LogP contribution in [0.1, 0.15) is 10.4 Å². The van der Waals surface area contributed by atoms with Crippen molar-refractivity contribution in [1.82, 2.24) is 0 Å². The Morgan fingerprint density at radius 2 is 1.70 bits per heavy atom. The second kappa shape index (κ2) is 5.64. The van der Waals surface area contributed by atoms with Crippen LogP contribution in [-0.2, 0) is 0 Å². The number of nitrogens with two attached hydrogens (primary N) is 1. The number of rotatable bonds is 2. The molecular formula is C13H8Cl2F2N2O. The van der Waals surface area contributed by atoms with Crippen LogP contribution in [0.15, 0.2) is 30.3 Å². The number of hydrogen-bond donors (Lipinski definition) is 2. The zero-order valence-corrected chi connectivity index (χ0v) is 11.4. The van der Waals surface area contributed by atoms with E-state index in [0.29, 0.717) is 11.8 Å². The van der Waals surface area contributed by atoms with E-state index in [-0.39, 0.29) is 21.3 Å². The summed E-state index contributed by atoms with van der Waals surface area (Å²) in [5, 5.41) is 2.59. The van der Waals surface area contributed by atoms with Gasteiger partial charge in [-0.05, 0) is 24.3 Å². The average Bonchev–Trinajstić information content (AvgIpc) is 2.33. The van der Waals surface area contributed by atoms with E-state index in [1.165, 1.54) is 12.1 Å². The molecule has 0 atom stereocenters. The smallest absolute Gasteiger partial charge is 0.258 e. The number of halogens is 4. The van der Waals surface area contributed by atoms with Gasteiger partial charge >= 0.3 is 0 Å². The standard InChI is InChI=1S/C13H8Cl2F2N2O/c14-9-4-7(18)5-10(15)12(9)19-13(20)8-2-1-6(16)3-11(8)17/h1-5H,18H2,(H,19,20). The van der Waals surface area contributed by atoms with Gasteiger partial charge < -0.3 is 11.1 Å². The van der Waals surface area contributed by atoms with Gasteiger partial charge in [-0.25, -0.2) is 8.78 Å². The lowest BCUT2D eigenvalue weighted by Gasteiger charge is -2.10. The molecule has 0 aliphatic heterocycles. The van der Waals surface area contributed by atoms with Gasteiger partial charge in [-0.15, -0.1) is 0 Å². The predicted octanol–water partition coefficient (Wildman–Crippen LogP) is 4.11. The fraction of sp³-hybridized carbons (Fsp3) is 0. The van der Waals surface area contributed by atoms with Crippen molar-refractivity contribution >= 4 is 40.5 Å². The van der Waals surface area contributed by atoms with Crippen LogP contribution in [0.5, 0.6) is 0 Å². The first-order chi connectivity index (χ1) is 9.38. The molecule has 7 heteroatoms. The third-order valence-electron chi connectivity index (χ3n) is 2.48. The zero-order valence-electron chi connectivity index (χ0n) is 9.88. The predicted molar refractivity (Wildman–Crippen MR) is 75.2 cm³/mol. The number of hydrogen-bond acceptors (Lipinski definition) is 2. The van der Waals surface area contributed by atoms with Crippen LogP contribution in [0.2, 0.25) is 10.0 Å². The molecule has 0 saturated carbocycles. The molecule has 0 bridgehead atoms. The third kappa shape index (κ3) is 3.00. The van der Waals surface area contributed by atoms with Gasteiger partial charge in [0.05, 0.1) is 21.3 Å².